The molecule has 2 atom stereocenters. The predicted molar refractivity (Wildman–Crippen MR) is 61.3 cm³/mol. The van der Waals surface area contributed by atoms with Gasteiger partial charge in [0.05, 0.1) is 19.1 Å². The molecule has 0 bridgehead atoms. The summed E-state index contributed by atoms with van der Waals surface area (Å²) in [7, 11) is 0. The second-order valence-corrected chi connectivity index (χ2v) is 4.57. The highest BCUT2D eigenvalue weighted by Gasteiger charge is 2.23. The van der Waals surface area contributed by atoms with E-state index in [0.717, 1.165) is 4.88 Å². The number of esters is 1. The maximum absolute atomic E-state index is 11.1. The Balaban J connectivity index is 2.57. The zero-order chi connectivity index (χ0) is 12.1. The molecule has 0 fully saturated rings. The molecule has 2 N–H and O–H groups in total. The van der Waals surface area contributed by atoms with Crippen molar-refractivity contribution >= 4 is 17.3 Å². The second-order valence-electron chi connectivity index (χ2n) is 3.45. The van der Waals surface area contributed by atoms with Gasteiger partial charge in [0, 0.05) is 4.88 Å². The summed E-state index contributed by atoms with van der Waals surface area (Å²) in [5.41, 5.74) is 0.668. The standard InChI is InChI=1S/C11H16O4S/c1-3-15-10(13)6-9(12)11(14)8-4-5-16-7(8)2/h4-5,9,11-12,14H,3,6H2,1-2H3. The van der Waals surface area contributed by atoms with E-state index in [1.807, 2.05) is 12.3 Å². The number of carbonyl (C=O) groups excluding carboxylic acids is 1. The number of hydrogen-bond acceptors (Lipinski definition) is 5. The molecule has 0 aliphatic carbocycles. The van der Waals surface area contributed by atoms with Crippen LogP contribution in [-0.2, 0) is 9.53 Å². The number of hydrogen-bond donors (Lipinski definition) is 2. The Hall–Kier alpha value is -0.910. The molecule has 1 heterocycles. The molecule has 0 aliphatic heterocycles. The highest BCUT2D eigenvalue weighted by atomic mass is 32.1. The molecule has 0 aromatic carbocycles. The highest BCUT2D eigenvalue weighted by Crippen LogP contribution is 2.26. The molecule has 0 saturated carbocycles. The quantitative estimate of drug-likeness (QED) is 0.768. The van der Waals surface area contributed by atoms with Crippen LogP contribution in [0.3, 0.4) is 0 Å². The smallest absolute Gasteiger partial charge is 0.308 e. The van der Waals surface area contributed by atoms with Gasteiger partial charge in [-0.3, -0.25) is 4.79 Å². The number of carbonyl (C=O) groups is 1. The summed E-state index contributed by atoms with van der Waals surface area (Å²) in [5.74, 6) is -0.498. The van der Waals surface area contributed by atoms with Crippen LogP contribution >= 0.6 is 11.3 Å². The number of thiophene rings is 1. The lowest BCUT2D eigenvalue weighted by Gasteiger charge is -2.17. The molecule has 0 aliphatic rings. The summed E-state index contributed by atoms with van der Waals surface area (Å²) >= 11 is 1.49. The number of ether oxygens (including phenoxy) is 1. The average molecular weight is 244 g/mol. The molecule has 90 valence electrons. The Labute approximate surface area is 98.5 Å². The molecule has 0 amide bonds. The lowest BCUT2D eigenvalue weighted by Crippen LogP contribution is -2.23. The van der Waals surface area contributed by atoms with Crippen LogP contribution in [-0.4, -0.2) is 28.9 Å². The average Bonchev–Trinajstić information content (AvgIpc) is 2.63. The Bertz CT molecular complexity index is 348. The second kappa shape index (κ2) is 5.98. The van der Waals surface area contributed by atoms with Gasteiger partial charge in [-0.1, -0.05) is 0 Å². The summed E-state index contributed by atoms with van der Waals surface area (Å²) in [6, 6.07) is 1.75. The largest absolute Gasteiger partial charge is 0.466 e. The minimum Gasteiger partial charge on any atom is -0.466 e. The van der Waals surface area contributed by atoms with Crippen molar-refractivity contribution in [3.63, 3.8) is 0 Å². The van der Waals surface area contributed by atoms with Gasteiger partial charge in [0.1, 0.15) is 6.10 Å². The van der Waals surface area contributed by atoms with Gasteiger partial charge in [0.2, 0.25) is 0 Å². The van der Waals surface area contributed by atoms with Crippen molar-refractivity contribution in [2.75, 3.05) is 6.61 Å². The van der Waals surface area contributed by atoms with E-state index in [2.05, 4.69) is 0 Å². The van der Waals surface area contributed by atoms with E-state index in [1.165, 1.54) is 11.3 Å². The molecule has 0 radical (unpaired) electrons. The lowest BCUT2D eigenvalue weighted by molar-refractivity contribution is -0.147. The van der Waals surface area contributed by atoms with Gasteiger partial charge < -0.3 is 14.9 Å². The normalized spacial score (nSPS) is 14.5. The topological polar surface area (TPSA) is 66.8 Å². The monoisotopic (exact) mass is 244 g/mol. The Morgan fingerprint density at radius 3 is 2.75 bits per heavy atom. The molecule has 2 unspecified atom stereocenters. The summed E-state index contributed by atoms with van der Waals surface area (Å²) in [5, 5.41) is 21.3. The fourth-order valence-electron chi connectivity index (χ4n) is 1.41. The van der Waals surface area contributed by atoms with Gasteiger partial charge in [-0.15, -0.1) is 11.3 Å². The fourth-order valence-corrected chi connectivity index (χ4v) is 2.15. The SMILES string of the molecule is CCOC(=O)CC(O)C(O)c1ccsc1C. The first-order valence-electron chi connectivity index (χ1n) is 5.12. The number of aliphatic hydroxyl groups is 2. The minimum atomic E-state index is -1.12. The Morgan fingerprint density at radius 1 is 1.56 bits per heavy atom. The van der Waals surface area contributed by atoms with Gasteiger partial charge in [-0.2, -0.15) is 0 Å². The summed E-state index contributed by atoms with van der Waals surface area (Å²) in [6.45, 7) is 3.84. The van der Waals surface area contributed by atoms with Crippen molar-refractivity contribution < 1.29 is 19.7 Å². The van der Waals surface area contributed by atoms with Crippen molar-refractivity contribution in [1.29, 1.82) is 0 Å². The first kappa shape index (κ1) is 13.2. The third-order valence-electron chi connectivity index (χ3n) is 2.26. The maximum atomic E-state index is 11.1. The van der Waals surface area contributed by atoms with Crippen molar-refractivity contribution in [3.05, 3.63) is 21.9 Å². The van der Waals surface area contributed by atoms with Crippen LogP contribution in [0.1, 0.15) is 29.9 Å². The number of aliphatic hydroxyl groups excluding tert-OH is 2. The van der Waals surface area contributed by atoms with Gasteiger partial charge >= 0.3 is 5.97 Å². The first-order chi connectivity index (χ1) is 7.56. The molecule has 1 rings (SSSR count). The molecular formula is C11H16O4S. The van der Waals surface area contributed by atoms with E-state index in [4.69, 9.17) is 4.74 Å². The zero-order valence-corrected chi connectivity index (χ0v) is 10.2. The third kappa shape index (κ3) is 3.30. The van der Waals surface area contributed by atoms with E-state index >= 15 is 0 Å². The van der Waals surface area contributed by atoms with Crippen molar-refractivity contribution in [3.8, 4) is 0 Å². The molecule has 16 heavy (non-hydrogen) atoms. The zero-order valence-electron chi connectivity index (χ0n) is 9.34. The van der Waals surface area contributed by atoms with E-state index in [0.29, 0.717) is 5.56 Å². The summed E-state index contributed by atoms with van der Waals surface area (Å²) < 4.78 is 4.70. The van der Waals surface area contributed by atoms with E-state index in [-0.39, 0.29) is 13.0 Å². The first-order valence-corrected chi connectivity index (χ1v) is 6.00. The van der Waals surface area contributed by atoms with Crippen LogP contribution in [0.5, 0.6) is 0 Å². The molecule has 5 heteroatoms. The molecule has 0 saturated heterocycles. The van der Waals surface area contributed by atoms with Gasteiger partial charge in [0.25, 0.3) is 0 Å². The van der Waals surface area contributed by atoms with Crippen LogP contribution in [0.25, 0.3) is 0 Å². The predicted octanol–water partition coefficient (Wildman–Crippen LogP) is 1.40. The Morgan fingerprint density at radius 2 is 2.25 bits per heavy atom. The van der Waals surface area contributed by atoms with Crippen molar-refractivity contribution in [2.24, 2.45) is 0 Å². The van der Waals surface area contributed by atoms with Crippen molar-refractivity contribution in [2.45, 2.75) is 32.5 Å². The van der Waals surface area contributed by atoms with Crippen LogP contribution in [0, 0.1) is 6.92 Å². The van der Waals surface area contributed by atoms with Crippen molar-refractivity contribution in [1.82, 2.24) is 0 Å². The fraction of sp³-hybridized carbons (Fsp3) is 0.545. The number of rotatable bonds is 5. The molecular weight excluding hydrogens is 228 g/mol. The Kier molecular flexibility index (Phi) is 4.92. The van der Waals surface area contributed by atoms with E-state index in [9.17, 15) is 15.0 Å². The highest BCUT2D eigenvalue weighted by molar-refractivity contribution is 7.10. The van der Waals surface area contributed by atoms with E-state index in [1.54, 1.807) is 13.0 Å². The van der Waals surface area contributed by atoms with Gasteiger partial charge in [0.15, 0.2) is 0 Å². The van der Waals surface area contributed by atoms with Gasteiger partial charge in [-0.25, -0.2) is 0 Å². The molecule has 0 spiro atoms. The molecule has 4 nitrogen and oxygen atoms in total. The summed E-state index contributed by atoms with van der Waals surface area (Å²) in [4.78, 5) is 12.1. The lowest BCUT2D eigenvalue weighted by atomic mass is 10.0. The third-order valence-corrected chi connectivity index (χ3v) is 3.12. The molecule has 1 aromatic heterocycles. The summed E-state index contributed by atoms with van der Waals surface area (Å²) in [6.07, 6.45) is -2.34. The van der Waals surface area contributed by atoms with Crippen LogP contribution in [0.4, 0.5) is 0 Å². The van der Waals surface area contributed by atoms with Gasteiger partial charge in [-0.05, 0) is 30.9 Å². The minimum absolute atomic E-state index is 0.190. The molecule has 1 aromatic rings. The van der Waals surface area contributed by atoms with Crippen LogP contribution in [0.15, 0.2) is 11.4 Å². The van der Waals surface area contributed by atoms with Crippen LogP contribution < -0.4 is 0 Å². The van der Waals surface area contributed by atoms with Crippen LogP contribution in [0.2, 0.25) is 0 Å². The maximum Gasteiger partial charge on any atom is 0.308 e. The number of aryl methyl sites for hydroxylation is 1. The van der Waals surface area contributed by atoms with E-state index < -0.39 is 18.2 Å².